The number of carbonyl (C=O) groups excluding carboxylic acids is 1. The summed E-state index contributed by atoms with van der Waals surface area (Å²) in [5, 5.41) is 0. The lowest BCUT2D eigenvalue weighted by Crippen LogP contribution is -2.46. The molecule has 0 bridgehead atoms. The highest BCUT2D eigenvalue weighted by atomic mass is 32.2. The third-order valence-electron chi connectivity index (χ3n) is 5.87. The third kappa shape index (κ3) is 6.86. The van der Waals surface area contributed by atoms with Crippen LogP contribution in [-0.2, 0) is 24.8 Å². The van der Waals surface area contributed by atoms with E-state index in [4.69, 9.17) is 0 Å². The van der Waals surface area contributed by atoms with Crippen LogP contribution < -0.4 is 9.44 Å². The zero-order chi connectivity index (χ0) is 24.1. The van der Waals surface area contributed by atoms with Crippen molar-refractivity contribution in [2.45, 2.75) is 55.4 Å². The number of sulfonamides is 2. The molecule has 2 aromatic rings. The maximum absolute atomic E-state index is 12.5. The standard InChI is InChI=1S/C23H31N3O5S2/c1-18-10-11-22(17-19(18)2)32(28,29)24-14-6-9-23(27)26-15-12-20(13-16-26)25-33(30,31)21-7-4-3-5-8-21/h3-5,7-8,10-11,17,20,24-25H,6,9,12-16H2,1-2H3. The van der Waals surface area contributed by atoms with Gasteiger partial charge in [-0.1, -0.05) is 24.3 Å². The summed E-state index contributed by atoms with van der Waals surface area (Å²) in [7, 11) is -7.19. The fourth-order valence-corrected chi connectivity index (χ4v) is 6.19. The quantitative estimate of drug-likeness (QED) is 0.521. The minimum Gasteiger partial charge on any atom is -0.343 e. The van der Waals surface area contributed by atoms with Crippen molar-refractivity contribution in [2.24, 2.45) is 0 Å². The second kappa shape index (κ2) is 10.8. The monoisotopic (exact) mass is 493 g/mol. The Bertz CT molecular complexity index is 1170. The second-order valence-electron chi connectivity index (χ2n) is 8.34. The van der Waals surface area contributed by atoms with Crippen LogP contribution in [-0.4, -0.2) is 53.3 Å². The molecule has 2 N–H and O–H groups in total. The highest BCUT2D eigenvalue weighted by molar-refractivity contribution is 7.89. The Morgan fingerprint density at radius 1 is 0.909 bits per heavy atom. The third-order valence-corrected chi connectivity index (χ3v) is 8.87. The Kier molecular flexibility index (Phi) is 8.28. The summed E-state index contributed by atoms with van der Waals surface area (Å²) in [6.45, 7) is 4.90. The maximum Gasteiger partial charge on any atom is 0.240 e. The van der Waals surface area contributed by atoms with Crippen LogP contribution >= 0.6 is 0 Å². The Labute approximate surface area is 196 Å². The van der Waals surface area contributed by atoms with Crippen molar-refractivity contribution in [3.8, 4) is 0 Å². The molecule has 1 heterocycles. The predicted octanol–water partition coefficient (Wildman–Crippen LogP) is 2.33. The van der Waals surface area contributed by atoms with E-state index in [1.807, 2.05) is 13.8 Å². The first-order chi connectivity index (χ1) is 15.6. The van der Waals surface area contributed by atoms with Crippen LogP contribution in [0.3, 0.4) is 0 Å². The number of hydrogen-bond acceptors (Lipinski definition) is 5. The fraction of sp³-hybridized carbons (Fsp3) is 0.435. The van der Waals surface area contributed by atoms with Crippen LogP contribution in [0.25, 0.3) is 0 Å². The van der Waals surface area contributed by atoms with E-state index in [0.29, 0.717) is 32.4 Å². The van der Waals surface area contributed by atoms with Crippen LogP contribution in [0.4, 0.5) is 0 Å². The summed E-state index contributed by atoms with van der Waals surface area (Å²) < 4.78 is 55.1. The van der Waals surface area contributed by atoms with Crippen molar-refractivity contribution in [3.05, 3.63) is 59.7 Å². The lowest BCUT2D eigenvalue weighted by atomic mass is 10.1. The first-order valence-electron chi connectivity index (χ1n) is 11.0. The molecule has 1 amide bonds. The summed E-state index contributed by atoms with van der Waals surface area (Å²) in [6.07, 6.45) is 1.70. The zero-order valence-electron chi connectivity index (χ0n) is 19.0. The Balaban J connectivity index is 1.41. The molecular formula is C23H31N3O5S2. The van der Waals surface area contributed by atoms with Crippen LogP contribution in [0.5, 0.6) is 0 Å². The van der Waals surface area contributed by atoms with Gasteiger partial charge < -0.3 is 4.90 Å². The summed E-state index contributed by atoms with van der Waals surface area (Å²) in [6, 6.07) is 13.0. The van der Waals surface area contributed by atoms with Crippen molar-refractivity contribution in [1.82, 2.24) is 14.3 Å². The minimum absolute atomic E-state index is 0.0512. The highest BCUT2D eigenvalue weighted by Crippen LogP contribution is 2.17. The minimum atomic E-state index is -3.61. The molecule has 180 valence electrons. The molecule has 0 radical (unpaired) electrons. The fourth-order valence-electron chi connectivity index (χ4n) is 3.70. The number of amides is 1. The molecule has 0 saturated carbocycles. The smallest absolute Gasteiger partial charge is 0.240 e. The van der Waals surface area contributed by atoms with Crippen LogP contribution in [0.2, 0.25) is 0 Å². The number of nitrogens with one attached hydrogen (secondary N) is 2. The Morgan fingerprint density at radius 2 is 1.58 bits per heavy atom. The predicted molar refractivity (Wildman–Crippen MR) is 127 cm³/mol. The first-order valence-corrected chi connectivity index (χ1v) is 14.0. The molecule has 1 saturated heterocycles. The van der Waals surface area contributed by atoms with E-state index in [1.54, 1.807) is 53.4 Å². The number of rotatable bonds is 9. The number of nitrogens with zero attached hydrogens (tertiary/aromatic N) is 1. The lowest BCUT2D eigenvalue weighted by Gasteiger charge is -2.32. The van der Waals surface area contributed by atoms with Crippen molar-refractivity contribution >= 4 is 26.0 Å². The normalized spacial score (nSPS) is 15.5. The van der Waals surface area contributed by atoms with Gasteiger partial charge in [0.2, 0.25) is 26.0 Å². The van der Waals surface area contributed by atoms with E-state index < -0.39 is 20.0 Å². The molecule has 0 atom stereocenters. The Morgan fingerprint density at radius 3 is 2.21 bits per heavy atom. The maximum atomic E-state index is 12.5. The van der Waals surface area contributed by atoms with Crippen molar-refractivity contribution in [3.63, 3.8) is 0 Å². The molecular weight excluding hydrogens is 462 g/mol. The van der Waals surface area contributed by atoms with E-state index >= 15 is 0 Å². The van der Waals surface area contributed by atoms with Gasteiger partial charge in [0, 0.05) is 32.1 Å². The van der Waals surface area contributed by atoms with Crippen molar-refractivity contribution < 1.29 is 21.6 Å². The van der Waals surface area contributed by atoms with Gasteiger partial charge in [0.1, 0.15) is 0 Å². The van der Waals surface area contributed by atoms with E-state index in [2.05, 4.69) is 9.44 Å². The number of benzene rings is 2. The van der Waals surface area contributed by atoms with Crippen molar-refractivity contribution in [1.29, 1.82) is 0 Å². The Hall–Kier alpha value is -2.27. The van der Waals surface area contributed by atoms with Gasteiger partial charge in [0.25, 0.3) is 0 Å². The van der Waals surface area contributed by atoms with Crippen LogP contribution in [0.1, 0.15) is 36.8 Å². The molecule has 10 heteroatoms. The first kappa shape index (κ1) is 25.4. The average Bonchev–Trinajstić information content (AvgIpc) is 2.79. The van der Waals surface area contributed by atoms with Gasteiger partial charge in [-0.3, -0.25) is 4.79 Å². The molecule has 2 aromatic carbocycles. The molecule has 0 unspecified atom stereocenters. The molecule has 3 rings (SSSR count). The summed E-state index contributed by atoms with van der Waals surface area (Å²) in [5.74, 6) is -0.0512. The molecule has 0 aliphatic carbocycles. The zero-order valence-corrected chi connectivity index (χ0v) is 20.6. The molecule has 1 fully saturated rings. The largest absolute Gasteiger partial charge is 0.343 e. The van der Waals surface area contributed by atoms with Gasteiger partial charge in [-0.2, -0.15) is 0 Å². The molecule has 0 spiro atoms. The van der Waals surface area contributed by atoms with E-state index in [9.17, 15) is 21.6 Å². The number of aryl methyl sites for hydroxylation is 2. The van der Waals surface area contributed by atoms with Gasteiger partial charge in [0.15, 0.2) is 0 Å². The van der Waals surface area contributed by atoms with Gasteiger partial charge >= 0.3 is 0 Å². The van der Waals surface area contributed by atoms with Crippen LogP contribution in [0, 0.1) is 13.8 Å². The van der Waals surface area contributed by atoms with E-state index in [-0.39, 0.29) is 34.7 Å². The second-order valence-corrected chi connectivity index (χ2v) is 11.8. The van der Waals surface area contributed by atoms with Crippen LogP contribution in [0.15, 0.2) is 58.3 Å². The molecule has 8 nitrogen and oxygen atoms in total. The number of hydrogen-bond donors (Lipinski definition) is 2. The number of likely N-dealkylation sites (tertiary alicyclic amines) is 1. The van der Waals surface area contributed by atoms with E-state index in [1.165, 1.54) is 0 Å². The van der Waals surface area contributed by atoms with E-state index in [0.717, 1.165) is 11.1 Å². The summed E-state index contributed by atoms with van der Waals surface area (Å²) >= 11 is 0. The molecule has 1 aliphatic heterocycles. The molecule has 0 aromatic heterocycles. The average molecular weight is 494 g/mol. The number of piperidine rings is 1. The van der Waals surface area contributed by atoms with Gasteiger partial charge in [0.05, 0.1) is 9.79 Å². The number of carbonyl (C=O) groups is 1. The molecule has 1 aliphatic rings. The lowest BCUT2D eigenvalue weighted by molar-refractivity contribution is -0.132. The topological polar surface area (TPSA) is 113 Å². The SMILES string of the molecule is Cc1ccc(S(=O)(=O)NCCCC(=O)N2CCC(NS(=O)(=O)c3ccccc3)CC2)cc1C. The van der Waals surface area contributed by atoms with Gasteiger partial charge in [-0.15, -0.1) is 0 Å². The molecule has 33 heavy (non-hydrogen) atoms. The summed E-state index contributed by atoms with van der Waals surface area (Å²) in [5.41, 5.74) is 1.93. The summed E-state index contributed by atoms with van der Waals surface area (Å²) in [4.78, 5) is 14.7. The highest BCUT2D eigenvalue weighted by Gasteiger charge is 2.26. The van der Waals surface area contributed by atoms with Gasteiger partial charge in [-0.05, 0) is 68.5 Å². The van der Waals surface area contributed by atoms with Gasteiger partial charge in [-0.25, -0.2) is 26.3 Å². The van der Waals surface area contributed by atoms with Crippen molar-refractivity contribution in [2.75, 3.05) is 19.6 Å².